The number of ether oxygens (including phenoxy) is 1. The number of rotatable bonds is 9. The van der Waals surface area contributed by atoms with Crippen molar-refractivity contribution >= 4 is 23.4 Å². The Balaban J connectivity index is 1.64. The van der Waals surface area contributed by atoms with E-state index in [2.05, 4.69) is 33.2 Å². The Morgan fingerprint density at radius 3 is 2.63 bits per heavy atom. The SMILES string of the molecule is CCCn1c(SCC(=O)Nc2ccc(OC(F)F)cc2)nnc1-c1cccc(C)c1. The number of aryl methyl sites for hydroxylation is 1. The zero-order valence-electron chi connectivity index (χ0n) is 16.6. The molecule has 1 aromatic heterocycles. The van der Waals surface area contributed by atoms with Gasteiger partial charge in [0.25, 0.3) is 0 Å². The van der Waals surface area contributed by atoms with Crippen LogP contribution in [0.4, 0.5) is 14.5 Å². The van der Waals surface area contributed by atoms with Gasteiger partial charge in [0.1, 0.15) is 5.75 Å². The second kappa shape index (κ2) is 10.2. The molecule has 158 valence electrons. The minimum atomic E-state index is -2.88. The molecule has 0 aliphatic carbocycles. The molecule has 3 aromatic rings. The summed E-state index contributed by atoms with van der Waals surface area (Å²) < 4.78 is 30.7. The topological polar surface area (TPSA) is 69.0 Å². The van der Waals surface area contributed by atoms with E-state index in [0.29, 0.717) is 10.8 Å². The first-order valence-electron chi connectivity index (χ1n) is 9.44. The van der Waals surface area contributed by atoms with Crippen molar-refractivity contribution in [2.24, 2.45) is 0 Å². The summed E-state index contributed by atoms with van der Waals surface area (Å²) in [4.78, 5) is 12.3. The van der Waals surface area contributed by atoms with Crippen LogP contribution in [0.5, 0.6) is 5.75 Å². The van der Waals surface area contributed by atoms with Gasteiger partial charge in [0.15, 0.2) is 11.0 Å². The van der Waals surface area contributed by atoms with Gasteiger partial charge >= 0.3 is 6.61 Å². The summed E-state index contributed by atoms with van der Waals surface area (Å²) in [5.74, 6) is 0.725. The third-order valence-electron chi connectivity index (χ3n) is 4.14. The Morgan fingerprint density at radius 2 is 1.97 bits per heavy atom. The summed E-state index contributed by atoms with van der Waals surface area (Å²) in [5, 5.41) is 12.0. The highest BCUT2D eigenvalue weighted by Gasteiger charge is 2.15. The molecule has 0 saturated carbocycles. The minimum Gasteiger partial charge on any atom is -0.435 e. The lowest BCUT2D eigenvalue weighted by molar-refractivity contribution is -0.113. The van der Waals surface area contributed by atoms with Gasteiger partial charge in [-0.25, -0.2) is 0 Å². The zero-order chi connectivity index (χ0) is 21.5. The van der Waals surface area contributed by atoms with Crippen LogP contribution in [0.15, 0.2) is 53.7 Å². The first-order valence-corrected chi connectivity index (χ1v) is 10.4. The quantitative estimate of drug-likeness (QED) is 0.482. The number of amides is 1. The van der Waals surface area contributed by atoms with Crippen LogP contribution in [0.1, 0.15) is 18.9 Å². The van der Waals surface area contributed by atoms with Crippen molar-refractivity contribution in [2.75, 3.05) is 11.1 Å². The van der Waals surface area contributed by atoms with Crippen molar-refractivity contribution in [1.29, 1.82) is 0 Å². The fraction of sp³-hybridized carbons (Fsp3) is 0.286. The largest absolute Gasteiger partial charge is 0.435 e. The molecule has 0 radical (unpaired) electrons. The Kier molecular flexibility index (Phi) is 7.40. The van der Waals surface area contributed by atoms with Crippen molar-refractivity contribution in [1.82, 2.24) is 14.8 Å². The van der Waals surface area contributed by atoms with E-state index in [9.17, 15) is 13.6 Å². The van der Waals surface area contributed by atoms with E-state index < -0.39 is 6.61 Å². The molecule has 0 fully saturated rings. The van der Waals surface area contributed by atoms with Gasteiger partial charge in [-0.15, -0.1) is 10.2 Å². The van der Waals surface area contributed by atoms with Crippen LogP contribution >= 0.6 is 11.8 Å². The van der Waals surface area contributed by atoms with Crippen LogP contribution in [0.2, 0.25) is 0 Å². The molecule has 0 unspecified atom stereocenters. The van der Waals surface area contributed by atoms with Crippen LogP contribution < -0.4 is 10.1 Å². The van der Waals surface area contributed by atoms with Crippen molar-refractivity contribution in [2.45, 2.75) is 38.6 Å². The summed E-state index contributed by atoms with van der Waals surface area (Å²) in [6.07, 6.45) is 0.906. The zero-order valence-corrected chi connectivity index (χ0v) is 17.5. The first kappa shape index (κ1) is 21.8. The molecule has 30 heavy (non-hydrogen) atoms. The average molecular weight is 432 g/mol. The van der Waals surface area contributed by atoms with E-state index in [1.54, 1.807) is 0 Å². The number of hydrogen-bond acceptors (Lipinski definition) is 5. The van der Waals surface area contributed by atoms with E-state index >= 15 is 0 Å². The van der Waals surface area contributed by atoms with E-state index in [1.807, 2.05) is 29.7 Å². The van der Waals surface area contributed by atoms with Gasteiger partial charge < -0.3 is 14.6 Å². The van der Waals surface area contributed by atoms with Gasteiger partial charge in [0, 0.05) is 17.8 Å². The second-order valence-corrected chi connectivity index (χ2v) is 7.51. The number of hydrogen-bond donors (Lipinski definition) is 1. The third-order valence-corrected chi connectivity index (χ3v) is 5.10. The van der Waals surface area contributed by atoms with Crippen LogP contribution in [0.3, 0.4) is 0 Å². The molecule has 6 nitrogen and oxygen atoms in total. The van der Waals surface area contributed by atoms with Gasteiger partial charge in [-0.1, -0.05) is 42.4 Å². The number of nitrogens with zero attached hydrogens (tertiary/aromatic N) is 3. The van der Waals surface area contributed by atoms with Crippen molar-refractivity contribution in [3.05, 3.63) is 54.1 Å². The fourth-order valence-electron chi connectivity index (χ4n) is 2.87. The van der Waals surface area contributed by atoms with Gasteiger partial charge in [-0.2, -0.15) is 8.78 Å². The maximum absolute atomic E-state index is 12.3. The number of carbonyl (C=O) groups excluding carboxylic acids is 1. The number of alkyl halides is 2. The molecule has 1 amide bonds. The predicted octanol–water partition coefficient (Wildman–Crippen LogP) is 5.00. The van der Waals surface area contributed by atoms with Crippen LogP contribution in [0, 0.1) is 6.92 Å². The summed E-state index contributed by atoms with van der Waals surface area (Å²) in [7, 11) is 0. The minimum absolute atomic E-state index is 0.0359. The Bertz CT molecular complexity index is 993. The summed E-state index contributed by atoms with van der Waals surface area (Å²) in [6, 6.07) is 13.8. The number of thioether (sulfide) groups is 1. The molecule has 0 aliphatic heterocycles. The molecule has 1 N–H and O–H groups in total. The smallest absolute Gasteiger partial charge is 0.387 e. The third kappa shape index (κ3) is 5.79. The molecule has 0 aliphatic rings. The Hall–Kier alpha value is -2.94. The Morgan fingerprint density at radius 1 is 1.20 bits per heavy atom. The highest BCUT2D eigenvalue weighted by atomic mass is 32.2. The maximum Gasteiger partial charge on any atom is 0.387 e. The van der Waals surface area contributed by atoms with Gasteiger partial charge in [0.05, 0.1) is 5.75 Å². The molecule has 3 rings (SSSR count). The molecular formula is C21H22F2N4O2S. The van der Waals surface area contributed by atoms with Crippen LogP contribution in [0.25, 0.3) is 11.4 Å². The molecule has 0 spiro atoms. The number of aromatic nitrogens is 3. The van der Waals surface area contributed by atoms with E-state index in [1.165, 1.54) is 36.0 Å². The molecule has 0 bridgehead atoms. The molecule has 1 heterocycles. The van der Waals surface area contributed by atoms with E-state index in [4.69, 9.17) is 0 Å². The van der Waals surface area contributed by atoms with Gasteiger partial charge in [-0.3, -0.25) is 4.79 Å². The maximum atomic E-state index is 12.3. The highest BCUT2D eigenvalue weighted by molar-refractivity contribution is 7.99. The fourth-order valence-corrected chi connectivity index (χ4v) is 3.63. The molecule has 0 atom stereocenters. The number of carbonyl (C=O) groups is 1. The number of benzene rings is 2. The van der Waals surface area contributed by atoms with Gasteiger partial charge in [0.2, 0.25) is 5.91 Å². The number of halogens is 2. The Labute approximate surface area is 177 Å². The lowest BCUT2D eigenvalue weighted by Gasteiger charge is -2.10. The van der Waals surface area contributed by atoms with Crippen LogP contribution in [-0.4, -0.2) is 33.0 Å². The van der Waals surface area contributed by atoms with E-state index in [0.717, 1.165) is 29.9 Å². The van der Waals surface area contributed by atoms with Gasteiger partial charge in [-0.05, 0) is 43.7 Å². The molecule has 0 saturated heterocycles. The van der Waals surface area contributed by atoms with Crippen LogP contribution in [-0.2, 0) is 11.3 Å². The van der Waals surface area contributed by atoms with Crippen molar-refractivity contribution in [3.63, 3.8) is 0 Å². The standard InChI is InChI=1S/C21H22F2N4O2S/c1-3-11-27-19(15-6-4-5-14(2)12-15)25-26-21(27)30-13-18(28)24-16-7-9-17(10-8-16)29-20(22)23/h4-10,12,20H,3,11,13H2,1-2H3,(H,24,28). The molecule has 9 heteroatoms. The normalized spacial score (nSPS) is 11.0. The summed E-state index contributed by atoms with van der Waals surface area (Å²) in [6.45, 7) is 1.96. The molecular weight excluding hydrogens is 410 g/mol. The predicted molar refractivity (Wildman–Crippen MR) is 113 cm³/mol. The van der Waals surface area contributed by atoms with Crippen molar-refractivity contribution in [3.8, 4) is 17.1 Å². The lowest BCUT2D eigenvalue weighted by Crippen LogP contribution is -2.14. The number of nitrogens with one attached hydrogen (secondary N) is 1. The van der Waals surface area contributed by atoms with Crippen molar-refractivity contribution < 1.29 is 18.3 Å². The molecule has 2 aromatic carbocycles. The average Bonchev–Trinajstić information content (AvgIpc) is 3.10. The monoisotopic (exact) mass is 432 g/mol. The number of anilines is 1. The van der Waals surface area contributed by atoms with E-state index in [-0.39, 0.29) is 17.4 Å². The first-order chi connectivity index (χ1) is 14.5. The summed E-state index contributed by atoms with van der Waals surface area (Å²) >= 11 is 1.30. The highest BCUT2D eigenvalue weighted by Crippen LogP contribution is 2.25. The summed E-state index contributed by atoms with van der Waals surface area (Å²) in [5.41, 5.74) is 2.62. The second-order valence-electron chi connectivity index (χ2n) is 6.57. The lowest BCUT2D eigenvalue weighted by atomic mass is 10.1.